The molecule has 0 aliphatic carbocycles. The number of benzene rings is 1. The van der Waals surface area contributed by atoms with Gasteiger partial charge in [0.25, 0.3) is 0 Å². The zero-order valence-corrected chi connectivity index (χ0v) is 12.3. The fraction of sp³-hybridized carbons (Fsp3) is 0.462. The first kappa shape index (κ1) is 13.5. The van der Waals surface area contributed by atoms with Crippen LogP contribution in [-0.4, -0.2) is 19.1 Å². The molecule has 1 atom stereocenters. The molecule has 0 saturated heterocycles. The zero-order valence-electron chi connectivity index (χ0n) is 10.5. The quantitative estimate of drug-likeness (QED) is 0.580. The van der Waals surface area contributed by atoms with E-state index in [1.807, 2.05) is 18.2 Å². The molecule has 1 unspecified atom stereocenters. The summed E-state index contributed by atoms with van der Waals surface area (Å²) in [7, 11) is -1.18. The molecule has 1 nitrogen and oxygen atoms in total. The Morgan fingerprint density at radius 3 is 2.25 bits per heavy atom. The number of rotatable bonds is 5. The number of hydrogen-bond donors (Lipinski definition) is 0. The van der Waals surface area contributed by atoms with E-state index in [0.29, 0.717) is 5.78 Å². The van der Waals surface area contributed by atoms with Crippen molar-refractivity contribution in [1.82, 2.24) is 0 Å². The maximum Gasteiger partial charge on any atom is 0.142 e. The first-order valence-corrected chi connectivity index (χ1v) is 10.2. The lowest BCUT2D eigenvalue weighted by atomic mass is 10.3. The summed E-state index contributed by atoms with van der Waals surface area (Å²) in [6, 6.07) is 11.3. The van der Waals surface area contributed by atoms with Gasteiger partial charge in [-0.05, 0) is 25.1 Å². The molecule has 0 spiro atoms. The molecule has 0 aromatic heterocycles. The summed E-state index contributed by atoms with van der Waals surface area (Å²) in [5, 5.41) is 0.133. The lowest BCUT2D eigenvalue weighted by Gasteiger charge is -2.22. The van der Waals surface area contributed by atoms with E-state index >= 15 is 0 Å². The van der Waals surface area contributed by atoms with Gasteiger partial charge in [-0.25, -0.2) is 0 Å². The predicted octanol–water partition coefficient (Wildman–Crippen LogP) is 4.07. The van der Waals surface area contributed by atoms with Crippen molar-refractivity contribution < 1.29 is 4.79 Å². The van der Waals surface area contributed by atoms with Crippen molar-refractivity contribution in [2.75, 3.05) is 0 Å². The van der Waals surface area contributed by atoms with Gasteiger partial charge in [-0.3, -0.25) is 4.79 Å². The third-order valence-electron chi connectivity index (χ3n) is 2.27. The average molecular weight is 252 g/mol. The number of hydrogen-bond acceptors (Lipinski definition) is 2. The average Bonchev–Trinajstić information content (AvgIpc) is 2.16. The topological polar surface area (TPSA) is 17.1 Å². The number of carbonyl (C=O) groups excluding carboxylic acids is 1. The van der Waals surface area contributed by atoms with Crippen LogP contribution in [-0.2, 0) is 4.79 Å². The van der Waals surface area contributed by atoms with Crippen LogP contribution in [0.2, 0.25) is 25.7 Å². The predicted molar refractivity (Wildman–Crippen MR) is 74.9 cm³/mol. The minimum absolute atomic E-state index is 0.133. The van der Waals surface area contributed by atoms with Crippen LogP contribution in [0.25, 0.3) is 0 Å². The second-order valence-electron chi connectivity index (χ2n) is 5.29. The van der Waals surface area contributed by atoms with Crippen LogP contribution in [0.3, 0.4) is 0 Å². The van der Waals surface area contributed by atoms with Crippen LogP contribution in [0.5, 0.6) is 0 Å². The lowest BCUT2D eigenvalue weighted by Crippen LogP contribution is -2.28. The Hall–Kier alpha value is -0.543. The van der Waals surface area contributed by atoms with E-state index in [1.165, 1.54) is 4.90 Å². The molecule has 1 aromatic carbocycles. The highest BCUT2D eigenvalue weighted by Crippen LogP contribution is 2.29. The van der Waals surface area contributed by atoms with Crippen LogP contribution in [0.15, 0.2) is 35.2 Å². The van der Waals surface area contributed by atoms with Gasteiger partial charge in [0.2, 0.25) is 0 Å². The van der Waals surface area contributed by atoms with Crippen LogP contribution in [0.4, 0.5) is 0 Å². The molecule has 0 aliphatic heterocycles. The van der Waals surface area contributed by atoms with Crippen molar-refractivity contribution in [3.05, 3.63) is 30.3 Å². The highest BCUT2D eigenvalue weighted by Gasteiger charge is 2.24. The molecular weight excluding hydrogens is 232 g/mol. The van der Waals surface area contributed by atoms with E-state index in [2.05, 4.69) is 31.8 Å². The van der Waals surface area contributed by atoms with E-state index < -0.39 is 8.07 Å². The van der Waals surface area contributed by atoms with Crippen LogP contribution in [0.1, 0.15) is 6.92 Å². The highest BCUT2D eigenvalue weighted by atomic mass is 32.2. The normalized spacial score (nSPS) is 13.5. The summed E-state index contributed by atoms with van der Waals surface area (Å²) < 4.78 is 0. The van der Waals surface area contributed by atoms with E-state index in [1.54, 1.807) is 18.7 Å². The minimum atomic E-state index is -1.18. The number of carbonyl (C=O) groups is 1. The van der Waals surface area contributed by atoms with Crippen molar-refractivity contribution in [2.45, 2.75) is 42.8 Å². The summed E-state index contributed by atoms with van der Waals surface area (Å²) in [4.78, 5) is 12.8. The Morgan fingerprint density at radius 1 is 1.25 bits per heavy atom. The van der Waals surface area contributed by atoms with Gasteiger partial charge in [0, 0.05) is 13.0 Å². The summed E-state index contributed by atoms with van der Waals surface area (Å²) in [5.41, 5.74) is 0. The monoisotopic (exact) mass is 252 g/mol. The zero-order chi connectivity index (χ0) is 12.2. The van der Waals surface area contributed by atoms with E-state index in [0.717, 1.165) is 6.04 Å². The Labute approximate surface area is 104 Å². The Balaban J connectivity index is 2.70. The Bertz CT molecular complexity index is 343. The molecule has 1 rings (SSSR count). The van der Waals surface area contributed by atoms with E-state index in [4.69, 9.17) is 0 Å². The summed E-state index contributed by atoms with van der Waals surface area (Å²) in [6.07, 6.45) is 0. The van der Waals surface area contributed by atoms with E-state index in [-0.39, 0.29) is 5.25 Å². The summed E-state index contributed by atoms with van der Waals surface area (Å²) >= 11 is 1.71. The van der Waals surface area contributed by atoms with Gasteiger partial charge in [-0.1, -0.05) is 37.8 Å². The molecule has 1 aromatic rings. The lowest BCUT2D eigenvalue weighted by molar-refractivity contribution is -0.116. The third-order valence-corrected chi connectivity index (χ3v) is 5.53. The molecule has 88 valence electrons. The first-order valence-electron chi connectivity index (χ1n) is 5.61. The van der Waals surface area contributed by atoms with Gasteiger partial charge >= 0.3 is 0 Å². The molecule has 0 saturated carbocycles. The Kier molecular flexibility index (Phi) is 4.81. The third kappa shape index (κ3) is 4.99. The van der Waals surface area contributed by atoms with Gasteiger partial charge in [-0.2, -0.15) is 0 Å². The van der Waals surface area contributed by atoms with Gasteiger partial charge in [0.05, 0.1) is 5.25 Å². The maximum absolute atomic E-state index is 11.6. The molecule has 16 heavy (non-hydrogen) atoms. The van der Waals surface area contributed by atoms with Gasteiger partial charge in [0.1, 0.15) is 5.78 Å². The minimum Gasteiger partial charge on any atom is -0.299 e. The summed E-state index contributed by atoms with van der Waals surface area (Å²) in [6.45, 7) is 8.65. The molecule has 0 heterocycles. The SMILES string of the molecule is CC(=O)C(C[Si](C)(C)C)Sc1ccccc1. The second kappa shape index (κ2) is 5.69. The second-order valence-corrected chi connectivity index (χ2v) is 12.1. The van der Waals surface area contributed by atoms with Gasteiger partial charge < -0.3 is 0 Å². The molecule has 0 bridgehead atoms. The molecular formula is C13H20OSSi. The number of thioether (sulfide) groups is 1. The molecule has 3 heteroatoms. The largest absolute Gasteiger partial charge is 0.299 e. The standard InChI is InChI=1S/C13H20OSSi/c1-11(14)13(10-16(2,3)4)15-12-8-6-5-7-9-12/h5-9,13H,10H2,1-4H3. The number of ketones is 1. The van der Waals surface area contributed by atoms with Crippen molar-refractivity contribution in [2.24, 2.45) is 0 Å². The van der Waals surface area contributed by atoms with Crippen molar-refractivity contribution in [1.29, 1.82) is 0 Å². The Morgan fingerprint density at radius 2 is 1.81 bits per heavy atom. The highest BCUT2D eigenvalue weighted by molar-refractivity contribution is 8.00. The molecule has 0 radical (unpaired) electrons. The van der Waals surface area contributed by atoms with Crippen LogP contribution >= 0.6 is 11.8 Å². The maximum atomic E-state index is 11.6. The van der Waals surface area contributed by atoms with Crippen molar-refractivity contribution in [3.8, 4) is 0 Å². The fourth-order valence-corrected chi connectivity index (χ4v) is 5.53. The summed E-state index contributed by atoms with van der Waals surface area (Å²) in [5.74, 6) is 0.302. The van der Waals surface area contributed by atoms with Gasteiger partial charge in [0.15, 0.2) is 0 Å². The first-order chi connectivity index (χ1) is 7.38. The number of Topliss-reactive ketones (excluding diaryl/α,β-unsaturated/α-hetero) is 1. The van der Waals surface area contributed by atoms with Crippen molar-refractivity contribution in [3.63, 3.8) is 0 Å². The van der Waals surface area contributed by atoms with Crippen molar-refractivity contribution >= 4 is 25.6 Å². The molecule has 0 fully saturated rings. The van der Waals surface area contributed by atoms with Crippen LogP contribution < -0.4 is 0 Å². The fourth-order valence-electron chi connectivity index (χ4n) is 1.49. The van der Waals surface area contributed by atoms with Gasteiger partial charge in [-0.15, -0.1) is 11.8 Å². The smallest absolute Gasteiger partial charge is 0.142 e. The molecule has 0 amide bonds. The van der Waals surface area contributed by atoms with Crippen LogP contribution in [0, 0.1) is 0 Å². The molecule has 0 N–H and O–H groups in total. The molecule has 0 aliphatic rings. The van der Waals surface area contributed by atoms with E-state index in [9.17, 15) is 4.79 Å².